The molecule has 4 heteroatoms. The van der Waals surface area contributed by atoms with Gasteiger partial charge in [-0.3, -0.25) is 4.98 Å². The molecule has 2 rings (SSSR count). The van der Waals surface area contributed by atoms with Crippen LogP contribution < -0.4 is 0 Å². The van der Waals surface area contributed by atoms with Crippen LogP contribution in [0.25, 0.3) is 0 Å². The monoisotopic (exact) mass is 309 g/mol. The van der Waals surface area contributed by atoms with Gasteiger partial charge < -0.3 is 5.11 Å². The van der Waals surface area contributed by atoms with E-state index in [0.29, 0.717) is 12.8 Å². The minimum atomic E-state index is -0.549. The van der Waals surface area contributed by atoms with Crippen LogP contribution in [0.3, 0.4) is 0 Å². The van der Waals surface area contributed by atoms with E-state index in [1.807, 2.05) is 12.1 Å². The highest BCUT2D eigenvalue weighted by molar-refractivity contribution is 9.10. The van der Waals surface area contributed by atoms with E-state index in [1.54, 1.807) is 18.5 Å². The Kier molecular flexibility index (Phi) is 4.44. The number of rotatable bonds is 4. The van der Waals surface area contributed by atoms with Gasteiger partial charge in [-0.25, -0.2) is 4.39 Å². The smallest absolute Gasteiger partial charge is 0.123 e. The molecule has 0 spiro atoms. The Bertz CT molecular complexity index is 518. The average Bonchev–Trinajstić information content (AvgIpc) is 2.35. The van der Waals surface area contributed by atoms with E-state index in [1.165, 1.54) is 12.1 Å². The fourth-order valence-corrected chi connectivity index (χ4v) is 2.23. The summed E-state index contributed by atoms with van der Waals surface area (Å²) in [7, 11) is 0. The van der Waals surface area contributed by atoms with Gasteiger partial charge >= 0.3 is 0 Å². The lowest BCUT2D eigenvalue weighted by atomic mass is 10.0. The van der Waals surface area contributed by atoms with Crippen molar-refractivity contribution in [2.75, 3.05) is 0 Å². The zero-order valence-electron chi connectivity index (χ0n) is 9.68. The summed E-state index contributed by atoms with van der Waals surface area (Å²) >= 11 is 3.35. The molecule has 0 aliphatic carbocycles. The van der Waals surface area contributed by atoms with E-state index in [2.05, 4.69) is 20.9 Å². The molecule has 1 heterocycles. The van der Waals surface area contributed by atoms with Gasteiger partial charge in [-0.15, -0.1) is 0 Å². The zero-order valence-corrected chi connectivity index (χ0v) is 11.3. The Balaban J connectivity index is 2.03. The molecule has 0 radical (unpaired) electrons. The second kappa shape index (κ2) is 6.07. The molecule has 0 aliphatic rings. The van der Waals surface area contributed by atoms with Gasteiger partial charge in [-0.2, -0.15) is 0 Å². The lowest BCUT2D eigenvalue weighted by Gasteiger charge is -2.12. The fraction of sp³-hybridized carbons (Fsp3) is 0.214. The third-order valence-corrected chi connectivity index (χ3v) is 3.43. The second-order valence-corrected chi connectivity index (χ2v) is 5.01. The average molecular weight is 310 g/mol. The maximum Gasteiger partial charge on any atom is 0.123 e. The van der Waals surface area contributed by atoms with Crippen molar-refractivity contribution in [1.29, 1.82) is 0 Å². The van der Waals surface area contributed by atoms with E-state index >= 15 is 0 Å². The van der Waals surface area contributed by atoms with Crippen LogP contribution in [-0.2, 0) is 12.8 Å². The van der Waals surface area contributed by atoms with Gasteiger partial charge in [0.15, 0.2) is 0 Å². The van der Waals surface area contributed by atoms with Crippen LogP contribution in [0.1, 0.15) is 11.1 Å². The molecule has 18 heavy (non-hydrogen) atoms. The van der Waals surface area contributed by atoms with Gasteiger partial charge in [0.25, 0.3) is 0 Å². The van der Waals surface area contributed by atoms with E-state index in [-0.39, 0.29) is 5.82 Å². The van der Waals surface area contributed by atoms with Crippen molar-refractivity contribution >= 4 is 15.9 Å². The number of hydrogen-bond donors (Lipinski definition) is 1. The van der Waals surface area contributed by atoms with Crippen LogP contribution in [0.5, 0.6) is 0 Å². The Hall–Kier alpha value is -1.26. The maximum absolute atomic E-state index is 13.1. The Morgan fingerprint density at radius 2 is 2.11 bits per heavy atom. The summed E-state index contributed by atoms with van der Waals surface area (Å²) in [5.74, 6) is -0.290. The van der Waals surface area contributed by atoms with Crippen LogP contribution in [0.2, 0.25) is 0 Å². The predicted octanol–water partition coefficient (Wildman–Crippen LogP) is 3.13. The van der Waals surface area contributed by atoms with Gasteiger partial charge in [-0.1, -0.05) is 22.0 Å². The standard InChI is InChI=1S/C14H13BrFNO/c15-14-4-3-12(16)7-11(14)8-13(18)6-10-2-1-5-17-9-10/h1-5,7,9,13,18H,6,8H2. The fourth-order valence-electron chi connectivity index (χ4n) is 1.82. The molecule has 0 amide bonds. The molecular weight excluding hydrogens is 297 g/mol. The Morgan fingerprint density at radius 3 is 2.83 bits per heavy atom. The second-order valence-electron chi connectivity index (χ2n) is 4.16. The van der Waals surface area contributed by atoms with Gasteiger partial charge in [0, 0.05) is 23.3 Å². The van der Waals surface area contributed by atoms with Crippen LogP contribution in [0, 0.1) is 5.82 Å². The van der Waals surface area contributed by atoms with Crippen LogP contribution in [-0.4, -0.2) is 16.2 Å². The summed E-state index contributed by atoms with van der Waals surface area (Å²) < 4.78 is 13.9. The highest BCUT2D eigenvalue weighted by atomic mass is 79.9. The minimum Gasteiger partial charge on any atom is -0.392 e. The van der Waals surface area contributed by atoms with Gasteiger partial charge in [0.1, 0.15) is 5.82 Å². The number of pyridine rings is 1. The summed E-state index contributed by atoms with van der Waals surface area (Å²) in [5, 5.41) is 10.0. The lowest BCUT2D eigenvalue weighted by Crippen LogP contribution is -2.14. The number of nitrogens with zero attached hydrogens (tertiary/aromatic N) is 1. The van der Waals surface area contributed by atoms with Crippen molar-refractivity contribution < 1.29 is 9.50 Å². The molecule has 94 valence electrons. The van der Waals surface area contributed by atoms with Crippen molar-refractivity contribution in [3.8, 4) is 0 Å². The summed E-state index contributed by atoms with van der Waals surface area (Å²) in [6, 6.07) is 8.23. The molecule has 1 N–H and O–H groups in total. The van der Waals surface area contributed by atoms with Gasteiger partial charge in [-0.05, 0) is 41.8 Å². The Morgan fingerprint density at radius 1 is 1.28 bits per heavy atom. The van der Waals surface area contributed by atoms with Crippen molar-refractivity contribution in [3.63, 3.8) is 0 Å². The highest BCUT2D eigenvalue weighted by Crippen LogP contribution is 2.20. The first-order valence-electron chi connectivity index (χ1n) is 5.66. The molecule has 1 atom stereocenters. The van der Waals surface area contributed by atoms with Crippen LogP contribution in [0.15, 0.2) is 47.2 Å². The summed E-state index contributed by atoms with van der Waals surface area (Å²) in [6.07, 6.45) is 3.79. The molecule has 0 aliphatic heterocycles. The number of aromatic nitrogens is 1. The Labute approximate surface area is 114 Å². The zero-order chi connectivity index (χ0) is 13.0. The molecule has 2 aromatic rings. The normalized spacial score (nSPS) is 12.4. The van der Waals surface area contributed by atoms with Crippen LogP contribution in [0.4, 0.5) is 4.39 Å². The van der Waals surface area contributed by atoms with E-state index in [4.69, 9.17) is 0 Å². The number of benzene rings is 1. The number of halogens is 2. The third kappa shape index (κ3) is 3.62. The van der Waals surface area contributed by atoms with E-state index in [0.717, 1.165) is 15.6 Å². The van der Waals surface area contributed by atoms with Crippen molar-refractivity contribution in [1.82, 2.24) is 4.98 Å². The minimum absolute atomic E-state index is 0.290. The topological polar surface area (TPSA) is 33.1 Å². The van der Waals surface area contributed by atoms with Crippen molar-refractivity contribution in [3.05, 3.63) is 64.1 Å². The summed E-state index contributed by atoms with van der Waals surface area (Å²) in [6.45, 7) is 0. The first kappa shape index (κ1) is 13.2. The lowest BCUT2D eigenvalue weighted by molar-refractivity contribution is 0.175. The number of aliphatic hydroxyl groups is 1. The molecule has 1 aromatic heterocycles. The molecule has 0 fully saturated rings. The molecule has 0 saturated heterocycles. The first-order valence-corrected chi connectivity index (χ1v) is 6.45. The van der Waals surface area contributed by atoms with Gasteiger partial charge in [0.05, 0.1) is 6.10 Å². The van der Waals surface area contributed by atoms with Gasteiger partial charge in [0.2, 0.25) is 0 Å². The van der Waals surface area contributed by atoms with E-state index in [9.17, 15) is 9.50 Å². The molecule has 1 unspecified atom stereocenters. The predicted molar refractivity (Wildman–Crippen MR) is 71.8 cm³/mol. The largest absolute Gasteiger partial charge is 0.392 e. The summed E-state index contributed by atoms with van der Waals surface area (Å²) in [5.41, 5.74) is 1.74. The molecule has 0 bridgehead atoms. The first-order chi connectivity index (χ1) is 8.65. The summed E-state index contributed by atoms with van der Waals surface area (Å²) in [4.78, 5) is 4.00. The highest BCUT2D eigenvalue weighted by Gasteiger charge is 2.10. The molecular formula is C14H13BrFNO. The van der Waals surface area contributed by atoms with Crippen LogP contribution >= 0.6 is 15.9 Å². The third-order valence-electron chi connectivity index (χ3n) is 2.66. The molecule has 0 saturated carbocycles. The van der Waals surface area contributed by atoms with Crippen molar-refractivity contribution in [2.45, 2.75) is 18.9 Å². The van der Waals surface area contributed by atoms with E-state index < -0.39 is 6.10 Å². The molecule has 1 aromatic carbocycles. The molecule has 2 nitrogen and oxygen atoms in total. The SMILES string of the molecule is OC(Cc1cccnc1)Cc1cc(F)ccc1Br. The number of aliphatic hydroxyl groups excluding tert-OH is 1. The quantitative estimate of drug-likeness (QED) is 0.941. The number of hydrogen-bond acceptors (Lipinski definition) is 2. The van der Waals surface area contributed by atoms with Crippen molar-refractivity contribution in [2.24, 2.45) is 0 Å². The maximum atomic E-state index is 13.1.